The van der Waals surface area contributed by atoms with E-state index in [9.17, 15) is 4.79 Å². The largest absolute Gasteiger partial charge is 0.314 e. The van der Waals surface area contributed by atoms with Crippen molar-refractivity contribution in [3.05, 3.63) is 46.1 Å². The van der Waals surface area contributed by atoms with Crippen LogP contribution in [0.4, 0.5) is 5.82 Å². The Bertz CT molecular complexity index is 723. The number of hydrogen-bond donors (Lipinski definition) is 2. The third kappa shape index (κ3) is 3.82. The van der Waals surface area contributed by atoms with Crippen LogP contribution in [0, 0.1) is 0 Å². The predicted octanol–water partition coefficient (Wildman–Crippen LogP) is 3.78. The third-order valence-corrected chi connectivity index (χ3v) is 4.79. The molecule has 24 heavy (non-hydrogen) atoms. The van der Waals surface area contributed by atoms with Gasteiger partial charge in [-0.25, -0.2) is 0 Å². The summed E-state index contributed by atoms with van der Waals surface area (Å²) in [6, 6.07) is 9.43. The Labute approximate surface area is 156 Å². The van der Waals surface area contributed by atoms with E-state index in [2.05, 4.69) is 33.3 Å². The van der Waals surface area contributed by atoms with Crippen LogP contribution >= 0.6 is 28.3 Å². The quantitative estimate of drug-likeness (QED) is 0.783. The highest BCUT2D eigenvalue weighted by Gasteiger charge is 2.32. The summed E-state index contributed by atoms with van der Waals surface area (Å²) in [5.74, 6) is 0.902. The average Bonchev–Trinajstić information content (AvgIpc) is 3.29. The van der Waals surface area contributed by atoms with Gasteiger partial charge >= 0.3 is 0 Å². The van der Waals surface area contributed by atoms with Gasteiger partial charge in [-0.1, -0.05) is 28.1 Å². The molecule has 0 aliphatic heterocycles. The van der Waals surface area contributed by atoms with Gasteiger partial charge in [0, 0.05) is 28.7 Å². The molecule has 1 heterocycles. The highest BCUT2D eigenvalue weighted by molar-refractivity contribution is 9.10. The van der Waals surface area contributed by atoms with Gasteiger partial charge in [-0.2, -0.15) is 5.10 Å². The van der Waals surface area contributed by atoms with Crippen LogP contribution in [-0.2, 0) is 16.9 Å². The lowest BCUT2D eigenvalue weighted by molar-refractivity contribution is -0.120. The number of hydrogen-bond acceptors (Lipinski definition) is 3. The zero-order valence-corrected chi connectivity index (χ0v) is 16.2. The van der Waals surface area contributed by atoms with Gasteiger partial charge in [-0.3, -0.25) is 9.48 Å². The number of nitrogens with two attached hydrogens (primary N) is 1. The normalized spacial score (nSPS) is 16.2. The summed E-state index contributed by atoms with van der Waals surface area (Å²) in [6.45, 7) is 4.57. The number of nitrogens with one attached hydrogen (secondary N) is 1. The Balaban J connectivity index is 0.00000208. The second kappa shape index (κ2) is 7.25. The summed E-state index contributed by atoms with van der Waals surface area (Å²) in [5.41, 5.74) is 7.11. The molecule has 0 radical (unpaired) electrons. The molecule has 0 spiro atoms. The summed E-state index contributed by atoms with van der Waals surface area (Å²) in [7, 11) is 0. The number of carbonyl (C=O) groups excluding carboxylic acids is 1. The number of benzene rings is 1. The first-order valence-corrected chi connectivity index (χ1v) is 8.65. The van der Waals surface area contributed by atoms with Crippen LogP contribution in [0.1, 0.15) is 43.9 Å². The Morgan fingerprint density at radius 2 is 2.04 bits per heavy atom. The van der Waals surface area contributed by atoms with Gasteiger partial charge in [0.15, 0.2) is 5.82 Å². The summed E-state index contributed by atoms with van der Waals surface area (Å²) < 4.78 is 2.91. The third-order valence-electron chi connectivity index (χ3n) is 4.26. The number of nitrogens with zero attached hydrogens (tertiary/aromatic N) is 2. The Hall–Kier alpha value is -1.37. The molecule has 7 heteroatoms. The standard InChI is InChI=1S/C17H21BrN4O.ClH/c1-3-22-14(11-4-5-11)10-15(21-22)20-16(23)17(2,19)12-6-8-13(18)9-7-12;/h6-11H,3-5,19H2,1-2H3,(H,20,21,23);1H. The highest BCUT2D eigenvalue weighted by atomic mass is 79.9. The van der Waals surface area contributed by atoms with Crippen LogP contribution in [0.5, 0.6) is 0 Å². The van der Waals surface area contributed by atoms with Gasteiger partial charge in [0.05, 0.1) is 0 Å². The molecular weight excluding hydrogens is 392 g/mol. The van der Waals surface area contributed by atoms with Crippen molar-refractivity contribution in [2.24, 2.45) is 5.73 Å². The molecule has 0 bridgehead atoms. The predicted molar refractivity (Wildman–Crippen MR) is 101 cm³/mol. The maximum absolute atomic E-state index is 12.6. The number of aryl methyl sites for hydroxylation is 1. The van der Waals surface area contributed by atoms with E-state index >= 15 is 0 Å². The molecule has 1 aliphatic carbocycles. The molecule has 1 fully saturated rings. The van der Waals surface area contributed by atoms with Crippen LogP contribution in [-0.4, -0.2) is 15.7 Å². The SMILES string of the molecule is CCn1nc(NC(=O)C(C)(N)c2ccc(Br)cc2)cc1C1CC1.Cl. The van der Waals surface area contributed by atoms with Gasteiger partial charge in [0.2, 0.25) is 5.91 Å². The molecule has 1 aromatic carbocycles. The molecule has 1 aliphatic rings. The molecule has 5 nitrogen and oxygen atoms in total. The van der Waals surface area contributed by atoms with Crippen molar-refractivity contribution in [2.45, 2.75) is 44.7 Å². The zero-order valence-electron chi connectivity index (χ0n) is 13.8. The molecule has 3 N–H and O–H groups in total. The monoisotopic (exact) mass is 412 g/mol. The minimum Gasteiger partial charge on any atom is -0.314 e. The lowest BCUT2D eigenvalue weighted by atomic mass is 9.92. The average molecular weight is 414 g/mol. The summed E-state index contributed by atoms with van der Waals surface area (Å²) in [5, 5.41) is 7.34. The first-order valence-electron chi connectivity index (χ1n) is 7.86. The molecule has 1 saturated carbocycles. The minimum absolute atomic E-state index is 0. The smallest absolute Gasteiger partial charge is 0.249 e. The molecule has 1 amide bonds. The van der Waals surface area contributed by atoms with Crippen LogP contribution in [0.15, 0.2) is 34.8 Å². The molecule has 1 aromatic heterocycles. The van der Waals surface area contributed by atoms with Crippen molar-refractivity contribution >= 4 is 40.1 Å². The Kier molecular flexibility index (Phi) is 5.73. The van der Waals surface area contributed by atoms with E-state index in [4.69, 9.17) is 5.73 Å². The number of aromatic nitrogens is 2. The van der Waals surface area contributed by atoms with Crippen molar-refractivity contribution < 1.29 is 4.79 Å². The first-order chi connectivity index (χ1) is 10.9. The van der Waals surface area contributed by atoms with Crippen molar-refractivity contribution in [3.63, 3.8) is 0 Å². The number of anilines is 1. The number of amides is 1. The number of halogens is 2. The molecule has 3 rings (SSSR count). The zero-order chi connectivity index (χ0) is 16.6. The van der Waals surface area contributed by atoms with Gasteiger partial charge in [-0.15, -0.1) is 12.4 Å². The van der Waals surface area contributed by atoms with Crippen molar-refractivity contribution in [1.82, 2.24) is 9.78 Å². The van der Waals surface area contributed by atoms with E-state index in [0.29, 0.717) is 11.7 Å². The molecule has 130 valence electrons. The van der Waals surface area contributed by atoms with Gasteiger partial charge in [0.1, 0.15) is 5.54 Å². The summed E-state index contributed by atoms with van der Waals surface area (Å²) in [4.78, 5) is 12.6. The van der Waals surface area contributed by atoms with E-state index < -0.39 is 5.54 Å². The highest BCUT2D eigenvalue weighted by Crippen LogP contribution is 2.40. The van der Waals surface area contributed by atoms with Crippen LogP contribution in [0.25, 0.3) is 0 Å². The van der Waals surface area contributed by atoms with E-state index in [1.165, 1.54) is 18.5 Å². The molecule has 1 atom stereocenters. The van der Waals surface area contributed by atoms with Crippen molar-refractivity contribution in [2.75, 3.05) is 5.32 Å². The molecular formula is C17H22BrClN4O. The number of carbonyl (C=O) groups is 1. The van der Waals surface area contributed by atoms with E-state index in [0.717, 1.165) is 16.6 Å². The Morgan fingerprint density at radius 1 is 1.42 bits per heavy atom. The second-order valence-corrected chi connectivity index (χ2v) is 7.12. The fraction of sp³-hybridized carbons (Fsp3) is 0.412. The van der Waals surface area contributed by atoms with Crippen LogP contribution < -0.4 is 11.1 Å². The van der Waals surface area contributed by atoms with Gasteiger partial charge in [0.25, 0.3) is 0 Å². The lowest BCUT2D eigenvalue weighted by Gasteiger charge is -2.23. The van der Waals surface area contributed by atoms with Crippen LogP contribution in [0.2, 0.25) is 0 Å². The molecule has 2 aromatic rings. The van der Waals surface area contributed by atoms with E-state index in [1.54, 1.807) is 6.92 Å². The number of rotatable bonds is 5. The summed E-state index contributed by atoms with van der Waals surface area (Å²) >= 11 is 3.39. The second-order valence-electron chi connectivity index (χ2n) is 6.21. The topological polar surface area (TPSA) is 72.9 Å². The Morgan fingerprint density at radius 3 is 2.58 bits per heavy atom. The molecule has 1 unspecified atom stereocenters. The first kappa shape index (κ1) is 19.0. The van der Waals surface area contributed by atoms with Gasteiger partial charge in [-0.05, 0) is 44.4 Å². The summed E-state index contributed by atoms with van der Waals surface area (Å²) in [6.07, 6.45) is 2.40. The van der Waals surface area contributed by atoms with Crippen LogP contribution in [0.3, 0.4) is 0 Å². The van der Waals surface area contributed by atoms with E-state index in [-0.39, 0.29) is 18.3 Å². The maximum Gasteiger partial charge on any atom is 0.249 e. The van der Waals surface area contributed by atoms with Crippen molar-refractivity contribution in [1.29, 1.82) is 0 Å². The van der Waals surface area contributed by atoms with Crippen molar-refractivity contribution in [3.8, 4) is 0 Å². The minimum atomic E-state index is -1.11. The molecule has 0 saturated heterocycles. The van der Waals surface area contributed by atoms with Gasteiger partial charge < -0.3 is 11.1 Å². The lowest BCUT2D eigenvalue weighted by Crippen LogP contribution is -2.45. The maximum atomic E-state index is 12.6. The fourth-order valence-electron chi connectivity index (χ4n) is 2.63. The fourth-order valence-corrected chi connectivity index (χ4v) is 2.89. The van der Waals surface area contributed by atoms with E-state index in [1.807, 2.05) is 35.0 Å².